The second-order valence-corrected chi connectivity index (χ2v) is 10.4. The summed E-state index contributed by atoms with van der Waals surface area (Å²) in [4.78, 5) is 0. The van der Waals surface area contributed by atoms with E-state index in [4.69, 9.17) is 9.47 Å². The number of alkyl halides is 2. The number of benzene rings is 1. The van der Waals surface area contributed by atoms with Gasteiger partial charge in [0.05, 0.1) is 18.8 Å². The highest BCUT2D eigenvalue weighted by molar-refractivity contribution is 5.25. The molecule has 196 valence electrons. The molecule has 3 fully saturated rings. The van der Waals surface area contributed by atoms with Gasteiger partial charge in [-0.1, -0.05) is 6.08 Å². The third-order valence-electron chi connectivity index (χ3n) is 8.12. The molecule has 2 atom stereocenters. The summed E-state index contributed by atoms with van der Waals surface area (Å²) >= 11 is 0. The van der Waals surface area contributed by atoms with Crippen LogP contribution in [-0.4, -0.2) is 31.5 Å². The monoisotopic (exact) mass is 502 g/mol. The van der Waals surface area contributed by atoms with Gasteiger partial charge in [-0.3, -0.25) is 0 Å². The summed E-state index contributed by atoms with van der Waals surface area (Å²) in [5.74, 6) is -3.30. The summed E-state index contributed by atoms with van der Waals surface area (Å²) in [6.45, 7) is 3.64. The molecule has 8 heteroatoms. The smallest absolute Gasteiger partial charge is 0.421 e. The van der Waals surface area contributed by atoms with E-state index >= 15 is 0 Å². The Kier molecular flexibility index (Phi) is 8.74. The Balaban J connectivity index is 1.16. The standard InChI is InChI=1S/C27H35F5O3/c1-2-17-3-12-25(33-15-17)20-6-4-18(5-7-20)19-8-10-21(11-9-19)34-16-27(31,32)35-22-13-23(28)26(30)24(29)14-22/h2,13-14,17-21,25H,1,3-12,15-16H2. The largest absolute Gasteiger partial charge is 0.431 e. The lowest BCUT2D eigenvalue weighted by molar-refractivity contribution is -0.222. The maximum atomic E-state index is 14.1. The average Bonchev–Trinajstić information content (AvgIpc) is 2.86. The first kappa shape index (κ1) is 26.4. The number of ether oxygens (including phenoxy) is 3. The van der Waals surface area contributed by atoms with Gasteiger partial charge in [0.15, 0.2) is 24.1 Å². The molecule has 0 bridgehead atoms. The second-order valence-electron chi connectivity index (χ2n) is 10.4. The van der Waals surface area contributed by atoms with Crippen molar-refractivity contribution in [3.63, 3.8) is 0 Å². The lowest BCUT2D eigenvalue weighted by Crippen LogP contribution is -2.36. The average molecular weight is 503 g/mol. The second kappa shape index (κ2) is 11.6. The van der Waals surface area contributed by atoms with Crippen molar-refractivity contribution in [2.75, 3.05) is 13.2 Å². The first-order valence-corrected chi connectivity index (χ1v) is 12.8. The van der Waals surface area contributed by atoms with Gasteiger partial charge in [0.1, 0.15) is 5.75 Å². The molecule has 2 aliphatic carbocycles. The van der Waals surface area contributed by atoms with E-state index < -0.39 is 35.9 Å². The highest BCUT2D eigenvalue weighted by atomic mass is 19.3. The zero-order chi connectivity index (χ0) is 25.0. The van der Waals surface area contributed by atoms with Crippen LogP contribution in [0.4, 0.5) is 22.0 Å². The third-order valence-corrected chi connectivity index (χ3v) is 8.12. The Morgan fingerprint density at radius 2 is 1.43 bits per heavy atom. The maximum Gasteiger partial charge on any atom is 0.421 e. The van der Waals surface area contributed by atoms with Crippen molar-refractivity contribution in [2.45, 2.75) is 82.5 Å². The number of hydrogen-bond acceptors (Lipinski definition) is 3. The highest BCUT2D eigenvalue weighted by Gasteiger charge is 2.37. The summed E-state index contributed by atoms with van der Waals surface area (Å²) in [7, 11) is 0. The van der Waals surface area contributed by atoms with Crippen molar-refractivity contribution in [3.8, 4) is 5.75 Å². The molecule has 2 saturated carbocycles. The SMILES string of the molecule is C=CC1CCC(C2CCC(C3CCC(OCC(F)(F)Oc4cc(F)c(F)c(F)c4)CC3)CC2)OC1. The van der Waals surface area contributed by atoms with E-state index in [1.807, 2.05) is 6.08 Å². The molecule has 2 unspecified atom stereocenters. The molecule has 1 heterocycles. The summed E-state index contributed by atoms with van der Waals surface area (Å²) in [6, 6.07) is 0.787. The minimum Gasteiger partial charge on any atom is -0.431 e. The van der Waals surface area contributed by atoms with Gasteiger partial charge >= 0.3 is 6.11 Å². The Bertz CT molecular complexity index is 816. The summed E-state index contributed by atoms with van der Waals surface area (Å²) in [5, 5.41) is 0. The van der Waals surface area contributed by atoms with E-state index in [9.17, 15) is 22.0 Å². The number of rotatable bonds is 8. The topological polar surface area (TPSA) is 27.7 Å². The fourth-order valence-corrected chi connectivity index (χ4v) is 6.07. The minimum atomic E-state index is -3.78. The Morgan fingerprint density at radius 1 is 0.857 bits per heavy atom. The molecule has 3 aliphatic rings. The predicted molar refractivity (Wildman–Crippen MR) is 122 cm³/mol. The first-order chi connectivity index (χ1) is 16.7. The van der Waals surface area contributed by atoms with Crippen LogP contribution in [0.15, 0.2) is 24.8 Å². The van der Waals surface area contributed by atoms with Crippen LogP contribution < -0.4 is 4.74 Å². The van der Waals surface area contributed by atoms with Gasteiger partial charge in [0, 0.05) is 18.1 Å². The number of hydrogen-bond donors (Lipinski definition) is 0. The molecule has 1 aliphatic heterocycles. The third kappa shape index (κ3) is 6.97. The quantitative estimate of drug-likeness (QED) is 0.210. The molecule has 0 aromatic heterocycles. The normalized spacial score (nSPS) is 32.3. The fourth-order valence-electron chi connectivity index (χ4n) is 6.07. The van der Waals surface area contributed by atoms with Crippen LogP contribution >= 0.6 is 0 Å². The molecular formula is C27H35F5O3. The lowest BCUT2D eigenvalue weighted by atomic mass is 9.69. The molecule has 3 nitrogen and oxygen atoms in total. The van der Waals surface area contributed by atoms with Crippen molar-refractivity contribution in [1.82, 2.24) is 0 Å². The van der Waals surface area contributed by atoms with Gasteiger partial charge in [-0.05, 0) is 82.0 Å². The number of halogens is 5. The van der Waals surface area contributed by atoms with Crippen LogP contribution in [0.2, 0.25) is 0 Å². The molecular weight excluding hydrogens is 467 g/mol. The van der Waals surface area contributed by atoms with Gasteiger partial charge in [-0.15, -0.1) is 6.58 Å². The van der Waals surface area contributed by atoms with Crippen LogP contribution in [0.3, 0.4) is 0 Å². The molecule has 35 heavy (non-hydrogen) atoms. The van der Waals surface area contributed by atoms with Crippen LogP contribution in [0, 0.1) is 41.1 Å². The molecule has 0 N–H and O–H groups in total. The van der Waals surface area contributed by atoms with Crippen LogP contribution in [0.5, 0.6) is 5.75 Å². The van der Waals surface area contributed by atoms with Crippen molar-refractivity contribution in [2.24, 2.45) is 23.7 Å². The van der Waals surface area contributed by atoms with Gasteiger partial charge in [-0.25, -0.2) is 13.2 Å². The molecule has 1 saturated heterocycles. The van der Waals surface area contributed by atoms with Crippen molar-refractivity contribution < 1.29 is 36.2 Å². The fraction of sp³-hybridized carbons (Fsp3) is 0.704. The Hall–Kier alpha value is -1.67. The first-order valence-electron chi connectivity index (χ1n) is 12.8. The van der Waals surface area contributed by atoms with E-state index in [0.717, 1.165) is 25.9 Å². The van der Waals surface area contributed by atoms with Crippen LogP contribution in [-0.2, 0) is 9.47 Å². The molecule has 0 amide bonds. The highest BCUT2D eigenvalue weighted by Crippen LogP contribution is 2.43. The van der Waals surface area contributed by atoms with Crippen LogP contribution in [0.1, 0.15) is 64.2 Å². The van der Waals surface area contributed by atoms with Crippen molar-refractivity contribution >= 4 is 0 Å². The van der Waals surface area contributed by atoms with Crippen molar-refractivity contribution in [3.05, 3.63) is 42.2 Å². The molecule has 4 rings (SSSR count). The van der Waals surface area contributed by atoms with Crippen molar-refractivity contribution in [1.29, 1.82) is 0 Å². The van der Waals surface area contributed by atoms with E-state index in [-0.39, 0.29) is 6.10 Å². The van der Waals surface area contributed by atoms with E-state index in [0.29, 0.717) is 54.7 Å². The van der Waals surface area contributed by atoms with E-state index in [1.54, 1.807) is 0 Å². The molecule has 0 radical (unpaired) electrons. The van der Waals surface area contributed by atoms with Gasteiger partial charge in [0.2, 0.25) is 0 Å². The minimum absolute atomic E-state index is 0.299. The van der Waals surface area contributed by atoms with Crippen LogP contribution in [0.25, 0.3) is 0 Å². The lowest BCUT2D eigenvalue weighted by Gasteiger charge is -2.41. The summed E-state index contributed by atoms with van der Waals surface area (Å²) in [5.41, 5.74) is 0. The predicted octanol–water partition coefficient (Wildman–Crippen LogP) is 7.44. The van der Waals surface area contributed by atoms with Gasteiger partial charge in [0.25, 0.3) is 0 Å². The van der Waals surface area contributed by atoms with Gasteiger partial charge < -0.3 is 14.2 Å². The van der Waals surface area contributed by atoms with Gasteiger partial charge in [-0.2, -0.15) is 8.78 Å². The molecule has 1 aromatic rings. The zero-order valence-corrected chi connectivity index (χ0v) is 20.0. The molecule has 1 aromatic carbocycles. The van der Waals surface area contributed by atoms with E-state index in [2.05, 4.69) is 11.3 Å². The van der Waals surface area contributed by atoms with E-state index in [1.165, 1.54) is 32.1 Å². The Morgan fingerprint density at radius 3 is 1.97 bits per heavy atom. The zero-order valence-electron chi connectivity index (χ0n) is 20.0. The Labute approximate surface area is 204 Å². The molecule has 0 spiro atoms. The maximum absolute atomic E-state index is 14.1. The summed E-state index contributed by atoms with van der Waals surface area (Å²) in [6.07, 6.45) is 8.66. The summed E-state index contributed by atoms with van der Waals surface area (Å²) < 4.78 is 83.6.